The van der Waals surface area contributed by atoms with Crippen LogP contribution in [0.2, 0.25) is 0 Å². The first-order valence-corrected chi connectivity index (χ1v) is 7.44. The van der Waals surface area contributed by atoms with Crippen molar-refractivity contribution in [2.45, 2.75) is 6.92 Å². The van der Waals surface area contributed by atoms with Crippen LogP contribution in [0.15, 0.2) is 42.9 Å². The number of hydrogen-bond donors (Lipinski definition) is 2. The van der Waals surface area contributed by atoms with Gasteiger partial charge in [0.25, 0.3) is 5.91 Å². The minimum absolute atomic E-state index is 0.0601. The third kappa shape index (κ3) is 3.40. The number of aromatic nitrogens is 3. The number of anilines is 1. The number of nitrogens with zero attached hydrogens (tertiary/aromatic N) is 3. The summed E-state index contributed by atoms with van der Waals surface area (Å²) in [5.41, 5.74) is 3.07. The van der Waals surface area contributed by atoms with Gasteiger partial charge >= 0.3 is 0 Å². The Morgan fingerprint density at radius 2 is 2.04 bits per heavy atom. The van der Waals surface area contributed by atoms with Crippen LogP contribution in [0.1, 0.15) is 15.9 Å². The van der Waals surface area contributed by atoms with Crippen LogP contribution in [0.5, 0.6) is 0 Å². The Hall–Kier alpha value is -3.22. The van der Waals surface area contributed by atoms with Crippen molar-refractivity contribution in [3.63, 3.8) is 0 Å². The summed E-state index contributed by atoms with van der Waals surface area (Å²) < 4.78 is 0. The highest BCUT2D eigenvalue weighted by Crippen LogP contribution is 2.13. The first-order valence-electron chi connectivity index (χ1n) is 7.44. The number of carbonyl (C=O) groups is 2. The molecule has 0 atom stereocenters. The van der Waals surface area contributed by atoms with Gasteiger partial charge < -0.3 is 15.2 Å². The zero-order valence-electron chi connectivity index (χ0n) is 13.4. The van der Waals surface area contributed by atoms with Gasteiger partial charge in [-0.3, -0.25) is 9.59 Å². The van der Waals surface area contributed by atoms with E-state index in [0.29, 0.717) is 11.4 Å². The summed E-state index contributed by atoms with van der Waals surface area (Å²) in [6.45, 7) is 1.86. The van der Waals surface area contributed by atoms with Crippen LogP contribution in [0.3, 0.4) is 0 Å². The summed E-state index contributed by atoms with van der Waals surface area (Å²) in [4.78, 5) is 37.0. The number of benzene rings is 1. The molecule has 1 aromatic carbocycles. The van der Waals surface area contributed by atoms with Crippen molar-refractivity contribution >= 4 is 28.7 Å². The van der Waals surface area contributed by atoms with E-state index in [9.17, 15) is 9.59 Å². The van der Waals surface area contributed by atoms with Gasteiger partial charge in [0.05, 0.1) is 23.9 Å². The Morgan fingerprint density at radius 1 is 1.21 bits per heavy atom. The van der Waals surface area contributed by atoms with E-state index in [0.717, 1.165) is 16.6 Å². The van der Waals surface area contributed by atoms with Gasteiger partial charge in [0.15, 0.2) is 0 Å². The van der Waals surface area contributed by atoms with Gasteiger partial charge in [0.1, 0.15) is 5.82 Å². The number of H-pyrrole nitrogens is 1. The Balaban J connectivity index is 1.64. The molecule has 0 unspecified atom stereocenters. The normalized spacial score (nSPS) is 10.6. The van der Waals surface area contributed by atoms with Crippen LogP contribution in [0.4, 0.5) is 5.82 Å². The number of likely N-dealkylation sites (N-methyl/N-ethyl adjacent to an activating group) is 1. The molecule has 3 rings (SSSR count). The van der Waals surface area contributed by atoms with Gasteiger partial charge in [-0.2, -0.15) is 0 Å². The number of aromatic amines is 1. The van der Waals surface area contributed by atoms with Crippen molar-refractivity contribution in [3.05, 3.63) is 54.0 Å². The molecule has 0 aliphatic rings. The number of hydrogen-bond acceptors (Lipinski definition) is 4. The van der Waals surface area contributed by atoms with Crippen molar-refractivity contribution in [2.24, 2.45) is 0 Å². The number of carbonyl (C=O) groups excluding carboxylic acids is 2. The lowest BCUT2D eigenvalue weighted by Gasteiger charge is -2.16. The summed E-state index contributed by atoms with van der Waals surface area (Å²) in [6.07, 6.45) is 3.24. The van der Waals surface area contributed by atoms with Gasteiger partial charge in [0, 0.05) is 18.8 Å². The van der Waals surface area contributed by atoms with E-state index in [4.69, 9.17) is 0 Å². The third-order valence-corrected chi connectivity index (χ3v) is 3.57. The molecule has 2 heterocycles. The molecule has 0 saturated carbocycles. The molecule has 0 radical (unpaired) electrons. The quantitative estimate of drug-likeness (QED) is 0.768. The van der Waals surface area contributed by atoms with Crippen molar-refractivity contribution in [2.75, 3.05) is 18.9 Å². The average Bonchev–Trinajstić information content (AvgIpc) is 3.03. The molecule has 0 saturated heterocycles. The predicted molar refractivity (Wildman–Crippen MR) is 90.7 cm³/mol. The van der Waals surface area contributed by atoms with E-state index in [2.05, 4.69) is 20.3 Å². The zero-order valence-corrected chi connectivity index (χ0v) is 13.4. The summed E-state index contributed by atoms with van der Waals surface area (Å²) in [5.74, 6) is -0.0753. The Morgan fingerprint density at radius 3 is 2.79 bits per heavy atom. The maximum Gasteiger partial charge on any atom is 0.254 e. The zero-order chi connectivity index (χ0) is 17.1. The van der Waals surface area contributed by atoms with Crippen molar-refractivity contribution in [3.8, 4) is 0 Å². The molecular formula is C17H17N5O2. The molecule has 24 heavy (non-hydrogen) atoms. The number of rotatable bonds is 4. The van der Waals surface area contributed by atoms with Gasteiger partial charge in [-0.25, -0.2) is 9.97 Å². The summed E-state index contributed by atoms with van der Waals surface area (Å²) in [5, 5.41) is 2.67. The molecule has 0 aliphatic carbocycles. The fourth-order valence-corrected chi connectivity index (χ4v) is 2.30. The lowest BCUT2D eigenvalue weighted by atomic mass is 10.2. The number of nitrogens with one attached hydrogen (secondary N) is 2. The topological polar surface area (TPSA) is 91.0 Å². The highest BCUT2D eigenvalue weighted by Gasteiger charge is 2.16. The first-order chi connectivity index (χ1) is 11.5. The third-order valence-electron chi connectivity index (χ3n) is 3.57. The van der Waals surface area contributed by atoms with E-state index in [1.54, 1.807) is 43.8 Å². The molecule has 122 valence electrons. The summed E-state index contributed by atoms with van der Waals surface area (Å²) >= 11 is 0. The smallest absolute Gasteiger partial charge is 0.254 e. The molecule has 3 aromatic rings. The number of aryl methyl sites for hydroxylation is 1. The second-order valence-corrected chi connectivity index (χ2v) is 5.56. The second kappa shape index (κ2) is 6.49. The van der Waals surface area contributed by atoms with Crippen LogP contribution < -0.4 is 5.32 Å². The van der Waals surface area contributed by atoms with Crippen LogP contribution >= 0.6 is 0 Å². The monoisotopic (exact) mass is 323 g/mol. The molecule has 7 heteroatoms. The predicted octanol–water partition coefficient (Wildman–Crippen LogP) is 1.98. The maximum absolute atomic E-state index is 12.4. The molecule has 0 aliphatic heterocycles. The number of amides is 2. The van der Waals surface area contributed by atoms with E-state index in [-0.39, 0.29) is 18.4 Å². The molecule has 2 amide bonds. The lowest BCUT2D eigenvalue weighted by molar-refractivity contribution is -0.116. The summed E-state index contributed by atoms with van der Waals surface area (Å²) in [7, 11) is 1.58. The van der Waals surface area contributed by atoms with Gasteiger partial charge in [-0.05, 0) is 36.8 Å². The molecule has 2 N–H and O–H groups in total. The highest BCUT2D eigenvalue weighted by molar-refractivity contribution is 6.00. The number of pyridine rings is 1. The molecule has 7 nitrogen and oxygen atoms in total. The minimum atomic E-state index is -0.301. The van der Waals surface area contributed by atoms with Crippen molar-refractivity contribution < 1.29 is 9.59 Å². The molecular weight excluding hydrogens is 306 g/mol. The highest BCUT2D eigenvalue weighted by atomic mass is 16.2. The standard InChI is InChI=1S/C17H17N5O2/c1-11-3-6-15(18-8-11)21-16(23)9-22(2)17(24)12-4-5-13-14(7-12)20-10-19-13/h3-8,10H,9H2,1-2H3,(H,19,20)(H,18,21,23). The van der Waals surface area contributed by atoms with Gasteiger partial charge in [-0.15, -0.1) is 0 Å². The largest absolute Gasteiger partial charge is 0.345 e. The van der Waals surface area contributed by atoms with Crippen LogP contribution in [0, 0.1) is 6.92 Å². The van der Waals surface area contributed by atoms with E-state index >= 15 is 0 Å². The minimum Gasteiger partial charge on any atom is -0.345 e. The fourth-order valence-electron chi connectivity index (χ4n) is 2.30. The molecule has 0 fully saturated rings. The van der Waals surface area contributed by atoms with Crippen molar-refractivity contribution in [1.29, 1.82) is 0 Å². The van der Waals surface area contributed by atoms with E-state index < -0.39 is 0 Å². The first kappa shape index (κ1) is 15.7. The van der Waals surface area contributed by atoms with E-state index in [1.165, 1.54) is 4.90 Å². The Bertz CT molecular complexity index is 885. The van der Waals surface area contributed by atoms with Crippen molar-refractivity contribution in [1.82, 2.24) is 19.9 Å². The summed E-state index contributed by atoms with van der Waals surface area (Å²) in [6, 6.07) is 8.77. The Labute approximate surface area is 138 Å². The van der Waals surface area contributed by atoms with Crippen LogP contribution in [-0.4, -0.2) is 45.3 Å². The second-order valence-electron chi connectivity index (χ2n) is 5.56. The van der Waals surface area contributed by atoms with Crippen LogP contribution in [-0.2, 0) is 4.79 Å². The average molecular weight is 323 g/mol. The van der Waals surface area contributed by atoms with Crippen LogP contribution in [0.25, 0.3) is 11.0 Å². The SMILES string of the molecule is Cc1ccc(NC(=O)CN(C)C(=O)c2ccc3nc[nH]c3c2)nc1. The fraction of sp³-hybridized carbons (Fsp3) is 0.176. The number of imidazole rings is 1. The molecule has 2 aromatic heterocycles. The maximum atomic E-state index is 12.4. The van der Waals surface area contributed by atoms with E-state index in [1.807, 2.05) is 13.0 Å². The number of fused-ring (bicyclic) bond motifs is 1. The van der Waals surface area contributed by atoms with Gasteiger partial charge in [0.2, 0.25) is 5.91 Å². The molecule has 0 bridgehead atoms. The molecule has 0 spiro atoms. The van der Waals surface area contributed by atoms with Gasteiger partial charge in [-0.1, -0.05) is 6.07 Å². The Kier molecular flexibility index (Phi) is 4.24. The lowest BCUT2D eigenvalue weighted by Crippen LogP contribution is -2.35.